The van der Waals surface area contributed by atoms with E-state index in [0.717, 1.165) is 48.9 Å². The molecule has 4 saturated carbocycles. The third-order valence-electron chi connectivity index (χ3n) is 8.73. The molecule has 4 aliphatic carbocycles. The summed E-state index contributed by atoms with van der Waals surface area (Å²) < 4.78 is 0. The fourth-order valence-corrected chi connectivity index (χ4v) is 7.75. The Bertz CT molecular complexity index is 496. The Hall–Kier alpha value is -0.370. The maximum Gasteiger partial charge on any atom is 0.133 e. The maximum atomic E-state index is 12.1. The molecule has 8 atom stereocenters. The summed E-state index contributed by atoms with van der Waals surface area (Å²) in [6, 6.07) is 0. The highest BCUT2D eigenvalue weighted by atomic mass is 16.3. The molecule has 4 fully saturated rings. The van der Waals surface area contributed by atoms with Crippen LogP contribution in [0.15, 0.2) is 0 Å². The van der Waals surface area contributed by atoms with Crippen LogP contribution < -0.4 is 0 Å². The van der Waals surface area contributed by atoms with Gasteiger partial charge in [-0.05, 0) is 107 Å². The number of rotatable bonds is 1. The van der Waals surface area contributed by atoms with Crippen LogP contribution in [0.4, 0.5) is 0 Å². The fourth-order valence-electron chi connectivity index (χ4n) is 7.75. The minimum atomic E-state index is -0.412. The quantitative estimate of drug-likeness (QED) is 0.767. The first kappa shape index (κ1) is 16.1. The van der Waals surface area contributed by atoms with E-state index in [4.69, 9.17) is 0 Å². The Balaban J connectivity index is 1.56. The molecule has 0 saturated heterocycles. The van der Waals surface area contributed by atoms with Crippen LogP contribution in [0.25, 0.3) is 0 Å². The van der Waals surface area contributed by atoms with E-state index in [2.05, 4.69) is 6.92 Å². The van der Waals surface area contributed by atoms with Crippen molar-refractivity contribution in [3.05, 3.63) is 0 Å². The van der Waals surface area contributed by atoms with E-state index in [0.29, 0.717) is 17.1 Å². The Morgan fingerprint density at radius 2 is 1.65 bits per heavy atom. The summed E-state index contributed by atoms with van der Waals surface area (Å²) in [7, 11) is 0. The molecule has 2 nitrogen and oxygen atoms in total. The van der Waals surface area contributed by atoms with Gasteiger partial charge in [0.2, 0.25) is 0 Å². The SMILES string of the molecule is CC(=O)C1CCC2C3CCC4C[C@@](C)(O)CCC4C3CCC12C. The summed E-state index contributed by atoms with van der Waals surface area (Å²) in [6.45, 7) is 6.30. The van der Waals surface area contributed by atoms with Crippen LogP contribution in [0.5, 0.6) is 0 Å². The van der Waals surface area contributed by atoms with Gasteiger partial charge in [0.05, 0.1) is 5.60 Å². The number of hydrogen-bond acceptors (Lipinski definition) is 2. The van der Waals surface area contributed by atoms with Crippen molar-refractivity contribution in [2.45, 2.75) is 84.2 Å². The van der Waals surface area contributed by atoms with Gasteiger partial charge in [0, 0.05) is 5.92 Å². The minimum Gasteiger partial charge on any atom is -0.390 e. The lowest BCUT2D eigenvalue weighted by atomic mass is 9.49. The van der Waals surface area contributed by atoms with Crippen LogP contribution in [0.2, 0.25) is 0 Å². The molecular weight excluding hydrogens is 284 g/mol. The zero-order chi connectivity index (χ0) is 16.4. The van der Waals surface area contributed by atoms with Crippen LogP contribution in [0, 0.1) is 40.9 Å². The molecule has 0 aromatic heterocycles. The average molecular weight is 319 g/mol. The van der Waals surface area contributed by atoms with Crippen LogP contribution in [0.3, 0.4) is 0 Å². The van der Waals surface area contributed by atoms with Crippen LogP contribution >= 0.6 is 0 Å². The predicted molar refractivity (Wildman–Crippen MR) is 91.9 cm³/mol. The second kappa shape index (κ2) is 5.31. The summed E-state index contributed by atoms with van der Waals surface area (Å²) in [6.07, 6.45) is 11.0. The van der Waals surface area contributed by atoms with E-state index in [1.165, 1.54) is 38.5 Å². The molecule has 2 heteroatoms. The van der Waals surface area contributed by atoms with E-state index >= 15 is 0 Å². The number of carbonyl (C=O) groups is 1. The summed E-state index contributed by atoms with van der Waals surface area (Å²) in [5.74, 6) is 4.92. The molecule has 4 aliphatic rings. The molecule has 0 amide bonds. The third kappa shape index (κ3) is 2.42. The molecule has 0 aliphatic heterocycles. The van der Waals surface area contributed by atoms with Crippen molar-refractivity contribution < 1.29 is 9.90 Å². The summed E-state index contributed by atoms with van der Waals surface area (Å²) in [5.41, 5.74) is -0.121. The van der Waals surface area contributed by atoms with Gasteiger partial charge in [0.25, 0.3) is 0 Å². The van der Waals surface area contributed by atoms with Crippen molar-refractivity contribution in [2.24, 2.45) is 40.9 Å². The van der Waals surface area contributed by atoms with Crippen LogP contribution in [-0.4, -0.2) is 16.5 Å². The second-order valence-electron chi connectivity index (χ2n) is 9.96. The Kier molecular flexibility index (Phi) is 3.72. The Labute approximate surface area is 141 Å². The lowest BCUT2D eigenvalue weighted by Gasteiger charge is -2.56. The highest BCUT2D eigenvalue weighted by Gasteiger charge is 2.58. The number of Topliss-reactive ketones (excluding diaryl/α,β-unsaturated/α-hetero) is 1. The van der Waals surface area contributed by atoms with Gasteiger partial charge in [-0.25, -0.2) is 0 Å². The number of fused-ring (bicyclic) bond motifs is 5. The Morgan fingerprint density at radius 1 is 0.913 bits per heavy atom. The number of hydrogen-bond donors (Lipinski definition) is 1. The molecule has 0 aromatic carbocycles. The highest BCUT2D eigenvalue weighted by Crippen LogP contribution is 2.64. The molecule has 23 heavy (non-hydrogen) atoms. The normalized spacial score (nSPS) is 55.7. The van der Waals surface area contributed by atoms with E-state index in [9.17, 15) is 9.90 Å². The molecule has 0 radical (unpaired) electrons. The van der Waals surface area contributed by atoms with E-state index in [-0.39, 0.29) is 0 Å². The first-order valence-corrected chi connectivity index (χ1v) is 10.0. The Morgan fingerprint density at radius 3 is 2.39 bits per heavy atom. The van der Waals surface area contributed by atoms with E-state index < -0.39 is 5.60 Å². The summed E-state index contributed by atoms with van der Waals surface area (Å²) >= 11 is 0. The zero-order valence-corrected chi connectivity index (χ0v) is 15.2. The zero-order valence-electron chi connectivity index (χ0n) is 15.2. The molecule has 0 bridgehead atoms. The van der Waals surface area contributed by atoms with Gasteiger partial charge in [0.1, 0.15) is 5.78 Å². The highest BCUT2D eigenvalue weighted by molar-refractivity contribution is 5.79. The summed E-state index contributed by atoms with van der Waals surface area (Å²) in [5, 5.41) is 10.5. The molecule has 0 aromatic rings. The van der Waals surface area contributed by atoms with Crippen molar-refractivity contribution in [2.75, 3.05) is 0 Å². The summed E-state index contributed by atoms with van der Waals surface area (Å²) in [4.78, 5) is 12.1. The fraction of sp³-hybridized carbons (Fsp3) is 0.952. The predicted octanol–water partition coefficient (Wildman–Crippen LogP) is 4.60. The topological polar surface area (TPSA) is 37.3 Å². The van der Waals surface area contributed by atoms with Gasteiger partial charge < -0.3 is 5.11 Å². The molecule has 1 N–H and O–H groups in total. The average Bonchev–Trinajstić information content (AvgIpc) is 2.83. The van der Waals surface area contributed by atoms with Gasteiger partial charge in [-0.2, -0.15) is 0 Å². The van der Waals surface area contributed by atoms with Gasteiger partial charge in [0.15, 0.2) is 0 Å². The van der Waals surface area contributed by atoms with Crippen molar-refractivity contribution in [3.8, 4) is 0 Å². The van der Waals surface area contributed by atoms with Crippen LogP contribution in [-0.2, 0) is 4.79 Å². The third-order valence-corrected chi connectivity index (χ3v) is 8.73. The van der Waals surface area contributed by atoms with Gasteiger partial charge in [-0.3, -0.25) is 4.79 Å². The first-order valence-electron chi connectivity index (χ1n) is 10.0. The monoisotopic (exact) mass is 318 g/mol. The van der Waals surface area contributed by atoms with Crippen molar-refractivity contribution >= 4 is 5.78 Å². The lowest BCUT2D eigenvalue weighted by molar-refractivity contribution is -0.130. The molecular formula is C21H34O2. The van der Waals surface area contributed by atoms with E-state index in [1.54, 1.807) is 0 Å². The van der Waals surface area contributed by atoms with Crippen molar-refractivity contribution in [3.63, 3.8) is 0 Å². The van der Waals surface area contributed by atoms with Gasteiger partial charge in [-0.15, -0.1) is 0 Å². The smallest absolute Gasteiger partial charge is 0.133 e. The molecule has 0 spiro atoms. The van der Waals surface area contributed by atoms with Crippen LogP contribution in [0.1, 0.15) is 78.6 Å². The second-order valence-corrected chi connectivity index (χ2v) is 9.96. The van der Waals surface area contributed by atoms with Crippen molar-refractivity contribution in [1.82, 2.24) is 0 Å². The number of carbonyl (C=O) groups excluding carboxylic acids is 1. The first-order chi connectivity index (χ1) is 10.8. The molecule has 0 heterocycles. The lowest BCUT2D eigenvalue weighted by Crippen LogP contribution is -2.50. The minimum absolute atomic E-state index is 0.292. The molecule has 130 valence electrons. The molecule has 4 rings (SSSR count). The van der Waals surface area contributed by atoms with Gasteiger partial charge >= 0.3 is 0 Å². The maximum absolute atomic E-state index is 12.1. The standard InChI is InChI=1S/C21H34O2/c1-13(22)18-6-7-19-17-5-4-14-12-20(2,23)10-8-15(14)16(17)9-11-21(18,19)3/h14-19,23H,4-12H2,1-3H3/t14?,15?,16?,17?,18?,19?,20-,21?/m0/s1. The number of aliphatic hydroxyl groups is 1. The number of ketones is 1. The van der Waals surface area contributed by atoms with E-state index in [1.807, 2.05) is 13.8 Å². The van der Waals surface area contributed by atoms with Crippen molar-refractivity contribution in [1.29, 1.82) is 0 Å². The van der Waals surface area contributed by atoms with Gasteiger partial charge in [-0.1, -0.05) is 6.92 Å². The largest absolute Gasteiger partial charge is 0.390 e. The molecule has 7 unspecified atom stereocenters.